The second-order valence-corrected chi connectivity index (χ2v) is 5.35. The highest BCUT2D eigenvalue weighted by Crippen LogP contribution is 2.38. The van der Waals surface area contributed by atoms with Crippen LogP contribution >= 0.6 is 0 Å². The van der Waals surface area contributed by atoms with Gasteiger partial charge in [0.15, 0.2) is 0 Å². The first-order valence-corrected chi connectivity index (χ1v) is 5.77. The third kappa shape index (κ3) is 2.58. The average molecular weight is 206 g/mol. The van der Waals surface area contributed by atoms with Gasteiger partial charge in [0.1, 0.15) is 5.78 Å². The van der Waals surface area contributed by atoms with Gasteiger partial charge in [-0.1, -0.05) is 31.6 Å². The average Bonchev–Trinajstić information content (AvgIpc) is 2.11. The van der Waals surface area contributed by atoms with Crippen LogP contribution in [0.4, 0.5) is 0 Å². The van der Waals surface area contributed by atoms with Gasteiger partial charge in [-0.15, -0.1) is 0 Å². The number of hydrogen-bond donors (Lipinski definition) is 0. The molecule has 0 aromatic heterocycles. The molecule has 0 aromatic carbocycles. The molecule has 1 aliphatic rings. The molecule has 0 saturated heterocycles. The number of carbonyl (C=O) groups is 1. The molecule has 0 aliphatic heterocycles. The Hall–Kier alpha value is -0.850. The Morgan fingerprint density at radius 2 is 1.87 bits per heavy atom. The van der Waals surface area contributed by atoms with Crippen LogP contribution in [-0.4, -0.2) is 5.78 Å². The molecule has 0 aromatic rings. The number of allylic oxidation sites excluding steroid dienone is 4. The first kappa shape index (κ1) is 12.2. The molecular formula is C14H22O. The second kappa shape index (κ2) is 4.34. The fourth-order valence-electron chi connectivity index (χ4n) is 2.07. The van der Waals surface area contributed by atoms with E-state index in [1.54, 1.807) is 0 Å². The third-order valence-electron chi connectivity index (χ3n) is 3.21. The lowest BCUT2D eigenvalue weighted by Gasteiger charge is -2.31. The molecule has 0 amide bonds. The van der Waals surface area contributed by atoms with E-state index < -0.39 is 0 Å². The van der Waals surface area contributed by atoms with E-state index in [1.165, 1.54) is 11.1 Å². The Bertz CT molecular complexity index is 316. The molecule has 0 heterocycles. The van der Waals surface area contributed by atoms with Crippen LogP contribution in [-0.2, 0) is 4.79 Å². The summed E-state index contributed by atoms with van der Waals surface area (Å²) in [5.74, 6) is 0.912. The van der Waals surface area contributed by atoms with Gasteiger partial charge in [-0.2, -0.15) is 0 Å². The van der Waals surface area contributed by atoms with Crippen LogP contribution in [0, 0.1) is 11.3 Å². The number of ketones is 1. The highest BCUT2D eigenvalue weighted by atomic mass is 16.1. The van der Waals surface area contributed by atoms with E-state index in [4.69, 9.17) is 0 Å². The molecule has 0 fully saturated rings. The van der Waals surface area contributed by atoms with Gasteiger partial charge >= 0.3 is 0 Å². The van der Waals surface area contributed by atoms with Crippen molar-refractivity contribution >= 4 is 5.78 Å². The molecule has 15 heavy (non-hydrogen) atoms. The zero-order valence-corrected chi connectivity index (χ0v) is 10.6. The SMILES string of the molecule is CC1=C(/C=C/C(C)C)C(C)(C)C(=O)CC1. The summed E-state index contributed by atoms with van der Waals surface area (Å²) in [5, 5.41) is 0. The van der Waals surface area contributed by atoms with Gasteiger partial charge < -0.3 is 0 Å². The number of carbonyl (C=O) groups excluding carboxylic acids is 1. The highest BCUT2D eigenvalue weighted by molar-refractivity contribution is 5.89. The smallest absolute Gasteiger partial charge is 0.143 e. The molecule has 0 bridgehead atoms. The van der Waals surface area contributed by atoms with Gasteiger partial charge in [0, 0.05) is 11.8 Å². The third-order valence-corrected chi connectivity index (χ3v) is 3.21. The quantitative estimate of drug-likeness (QED) is 0.669. The van der Waals surface area contributed by atoms with E-state index in [1.807, 2.05) is 13.8 Å². The van der Waals surface area contributed by atoms with Gasteiger partial charge in [0.25, 0.3) is 0 Å². The zero-order valence-electron chi connectivity index (χ0n) is 10.6. The maximum atomic E-state index is 11.8. The van der Waals surface area contributed by atoms with Gasteiger partial charge in [-0.3, -0.25) is 4.79 Å². The summed E-state index contributed by atoms with van der Waals surface area (Å²) < 4.78 is 0. The van der Waals surface area contributed by atoms with Crippen molar-refractivity contribution in [3.63, 3.8) is 0 Å². The van der Waals surface area contributed by atoms with Gasteiger partial charge in [-0.25, -0.2) is 0 Å². The number of Topliss-reactive ketones (excluding diaryl/α,β-unsaturated/α-hetero) is 1. The van der Waals surface area contributed by atoms with Crippen LogP contribution < -0.4 is 0 Å². The maximum Gasteiger partial charge on any atom is 0.143 e. The lowest BCUT2D eigenvalue weighted by molar-refractivity contribution is -0.125. The molecule has 1 aliphatic carbocycles. The summed E-state index contributed by atoms with van der Waals surface area (Å²) in [6.07, 6.45) is 5.97. The standard InChI is InChI=1S/C14H22O/c1-10(2)6-8-12-11(3)7-9-13(15)14(12,4)5/h6,8,10H,7,9H2,1-5H3/b8-6+. The molecule has 1 heteroatoms. The summed E-state index contributed by atoms with van der Waals surface area (Å²) in [4.78, 5) is 11.8. The monoisotopic (exact) mass is 206 g/mol. The number of hydrogen-bond acceptors (Lipinski definition) is 1. The Morgan fingerprint density at radius 3 is 2.40 bits per heavy atom. The Morgan fingerprint density at radius 1 is 1.27 bits per heavy atom. The van der Waals surface area contributed by atoms with Crippen LogP contribution in [0.3, 0.4) is 0 Å². The van der Waals surface area contributed by atoms with Gasteiger partial charge in [0.05, 0.1) is 0 Å². The maximum absolute atomic E-state index is 11.8. The van der Waals surface area contributed by atoms with Crippen LogP contribution in [0.25, 0.3) is 0 Å². The van der Waals surface area contributed by atoms with Crippen LogP contribution in [0.1, 0.15) is 47.5 Å². The minimum atomic E-state index is -0.284. The molecule has 84 valence electrons. The van der Waals surface area contributed by atoms with E-state index in [0.29, 0.717) is 18.1 Å². The molecule has 0 saturated carbocycles. The summed E-state index contributed by atoms with van der Waals surface area (Å²) in [5.41, 5.74) is 2.32. The topological polar surface area (TPSA) is 17.1 Å². The van der Waals surface area contributed by atoms with Crippen molar-refractivity contribution in [1.29, 1.82) is 0 Å². The predicted molar refractivity (Wildman–Crippen MR) is 64.7 cm³/mol. The first-order chi connectivity index (χ1) is 6.85. The molecule has 0 unspecified atom stereocenters. The second-order valence-electron chi connectivity index (χ2n) is 5.35. The summed E-state index contributed by atoms with van der Waals surface area (Å²) in [6, 6.07) is 0. The predicted octanol–water partition coefficient (Wildman–Crippen LogP) is 3.90. The van der Waals surface area contributed by atoms with Crippen molar-refractivity contribution in [2.45, 2.75) is 47.5 Å². The van der Waals surface area contributed by atoms with Gasteiger partial charge in [0.2, 0.25) is 0 Å². The van der Waals surface area contributed by atoms with Crippen LogP contribution in [0.2, 0.25) is 0 Å². The summed E-state index contributed by atoms with van der Waals surface area (Å²) in [6.45, 7) is 10.5. The van der Waals surface area contributed by atoms with Crippen LogP contribution in [0.5, 0.6) is 0 Å². The Labute approximate surface area is 93.3 Å². The molecule has 0 N–H and O–H groups in total. The Balaban J connectivity index is 3.05. The number of rotatable bonds is 2. The van der Waals surface area contributed by atoms with E-state index in [9.17, 15) is 4.79 Å². The van der Waals surface area contributed by atoms with Crippen LogP contribution in [0.15, 0.2) is 23.3 Å². The van der Waals surface area contributed by atoms with E-state index in [2.05, 4.69) is 32.9 Å². The first-order valence-electron chi connectivity index (χ1n) is 5.77. The molecule has 0 atom stereocenters. The van der Waals surface area contributed by atoms with Crippen molar-refractivity contribution in [2.75, 3.05) is 0 Å². The van der Waals surface area contributed by atoms with E-state index >= 15 is 0 Å². The normalized spacial score (nSPS) is 21.9. The van der Waals surface area contributed by atoms with Crippen molar-refractivity contribution in [3.8, 4) is 0 Å². The van der Waals surface area contributed by atoms with Crippen molar-refractivity contribution in [1.82, 2.24) is 0 Å². The van der Waals surface area contributed by atoms with Crippen molar-refractivity contribution < 1.29 is 4.79 Å². The highest BCUT2D eigenvalue weighted by Gasteiger charge is 2.34. The molecule has 1 rings (SSSR count). The molecular weight excluding hydrogens is 184 g/mol. The minimum absolute atomic E-state index is 0.284. The fraction of sp³-hybridized carbons (Fsp3) is 0.643. The van der Waals surface area contributed by atoms with Crippen molar-refractivity contribution in [3.05, 3.63) is 23.3 Å². The van der Waals surface area contributed by atoms with Crippen molar-refractivity contribution in [2.24, 2.45) is 11.3 Å². The van der Waals surface area contributed by atoms with E-state index in [0.717, 1.165) is 6.42 Å². The molecule has 0 radical (unpaired) electrons. The molecule has 0 spiro atoms. The summed E-state index contributed by atoms with van der Waals surface area (Å²) in [7, 11) is 0. The largest absolute Gasteiger partial charge is 0.299 e. The summed E-state index contributed by atoms with van der Waals surface area (Å²) >= 11 is 0. The molecule has 1 nitrogen and oxygen atoms in total. The van der Waals surface area contributed by atoms with E-state index in [-0.39, 0.29) is 5.41 Å². The lowest BCUT2D eigenvalue weighted by Crippen LogP contribution is -2.30. The minimum Gasteiger partial charge on any atom is -0.299 e. The Kier molecular flexibility index (Phi) is 3.54. The van der Waals surface area contributed by atoms with Gasteiger partial charge in [-0.05, 0) is 38.7 Å². The lowest BCUT2D eigenvalue weighted by atomic mass is 9.71. The zero-order chi connectivity index (χ0) is 11.6. The fourth-order valence-corrected chi connectivity index (χ4v) is 2.07.